The molecule has 21 heavy (non-hydrogen) atoms. The van der Waals surface area contributed by atoms with Crippen LogP contribution in [0.3, 0.4) is 0 Å². The van der Waals surface area contributed by atoms with Crippen LogP contribution in [-0.4, -0.2) is 38.3 Å². The molecule has 0 saturated carbocycles. The van der Waals surface area contributed by atoms with Gasteiger partial charge in [-0.15, -0.1) is 0 Å². The van der Waals surface area contributed by atoms with Crippen LogP contribution in [0.4, 0.5) is 0 Å². The van der Waals surface area contributed by atoms with Gasteiger partial charge in [0, 0.05) is 14.1 Å². The monoisotopic (exact) mass is 309 g/mol. The number of imidazole rings is 1. The average molecular weight is 309 g/mol. The number of aromatic nitrogens is 2. The predicted molar refractivity (Wildman–Crippen MR) is 79.8 cm³/mol. The molecule has 0 fully saturated rings. The molecule has 0 spiro atoms. The number of aryl methyl sites for hydroxylation is 1. The molecule has 0 unspecified atom stereocenters. The number of carbonyl (C=O) groups is 1. The van der Waals surface area contributed by atoms with Crippen LogP contribution < -0.4 is 0 Å². The maximum absolute atomic E-state index is 12.1. The van der Waals surface area contributed by atoms with Crippen molar-refractivity contribution in [2.45, 2.75) is 25.2 Å². The SMILES string of the molecule is Cc1ccc(CN(C)C(=O)CSc2ncc(CO)n2C)o1. The van der Waals surface area contributed by atoms with Gasteiger partial charge >= 0.3 is 0 Å². The lowest BCUT2D eigenvalue weighted by Gasteiger charge is -2.15. The molecule has 2 heterocycles. The standard InChI is InChI=1S/C14H19N3O3S/c1-10-4-5-12(20-10)7-16(2)13(19)9-21-14-15-6-11(8-18)17(14)3/h4-6,18H,7-9H2,1-3H3. The summed E-state index contributed by atoms with van der Waals surface area (Å²) in [6.07, 6.45) is 1.61. The average Bonchev–Trinajstić information content (AvgIpc) is 3.02. The minimum Gasteiger partial charge on any atom is -0.464 e. The van der Waals surface area contributed by atoms with Gasteiger partial charge in [0.2, 0.25) is 5.91 Å². The summed E-state index contributed by atoms with van der Waals surface area (Å²) in [7, 11) is 3.57. The molecular weight excluding hydrogens is 290 g/mol. The van der Waals surface area contributed by atoms with Gasteiger partial charge in [-0.1, -0.05) is 11.8 Å². The smallest absolute Gasteiger partial charge is 0.233 e. The molecule has 0 aromatic carbocycles. The number of aliphatic hydroxyl groups excluding tert-OH is 1. The molecule has 2 aromatic rings. The third-order valence-electron chi connectivity index (χ3n) is 3.14. The van der Waals surface area contributed by atoms with Crippen LogP contribution in [0.1, 0.15) is 17.2 Å². The Bertz CT molecular complexity index is 621. The van der Waals surface area contributed by atoms with E-state index in [0.717, 1.165) is 22.4 Å². The van der Waals surface area contributed by atoms with E-state index in [0.29, 0.717) is 12.3 Å². The zero-order valence-electron chi connectivity index (χ0n) is 12.4. The first-order chi connectivity index (χ1) is 10.0. The Morgan fingerprint density at radius 1 is 1.52 bits per heavy atom. The van der Waals surface area contributed by atoms with Gasteiger partial charge in [-0.2, -0.15) is 0 Å². The maximum atomic E-state index is 12.1. The van der Waals surface area contributed by atoms with E-state index in [9.17, 15) is 4.79 Å². The van der Waals surface area contributed by atoms with Gasteiger partial charge in [0.15, 0.2) is 5.16 Å². The number of amides is 1. The summed E-state index contributed by atoms with van der Waals surface area (Å²) < 4.78 is 7.24. The summed E-state index contributed by atoms with van der Waals surface area (Å²) in [5.41, 5.74) is 0.726. The maximum Gasteiger partial charge on any atom is 0.233 e. The highest BCUT2D eigenvalue weighted by Crippen LogP contribution is 2.18. The molecule has 1 N–H and O–H groups in total. The van der Waals surface area contributed by atoms with Crippen molar-refractivity contribution in [1.29, 1.82) is 0 Å². The van der Waals surface area contributed by atoms with Gasteiger partial charge in [0.1, 0.15) is 11.5 Å². The number of furan rings is 1. The van der Waals surface area contributed by atoms with Crippen LogP contribution in [0, 0.1) is 6.92 Å². The summed E-state index contributed by atoms with van der Waals surface area (Å²) in [6, 6.07) is 3.76. The molecular formula is C14H19N3O3S. The lowest BCUT2D eigenvalue weighted by molar-refractivity contribution is -0.127. The number of aliphatic hydroxyl groups is 1. The molecule has 2 aromatic heterocycles. The van der Waals surface area contributed by atoms with Crippen molar-refractivity contribution in [2.75, 3.05) is 12.8 Å². The summed E-state index contributed by atoms with van der Waals surface area (Å²) in [6.45, 7) is 2.27. The lowest BCUT2D eigenvalue weighted by Crippen LogP contribution is -2.27. The van der Waals surface area contributed by atoms with Gasteiger partial charge in [0.05, 0.1) is 30.8 Å². The molecule has 6 nitrogen and oxygen atoms in total. The molecule has 0 atom stereocenters. The van der Waals surface area contributed by atoms with Gasteiger partial charge in [-0.05, 0) is 19.1 Å². The van der Waals surface area contributed by atoms with Crippen LogP contribution >= 0.6 is 11.8 Å². The van der Waals surface area contributed by atoms with Crippen molar-refractivity contribution in [3.8, 4) is 0 Å². The highest BCUT2D eigenvalue weighted by molar-refractivity contribution is 7.99. The molecule has 0 aliphatic carbocycles. The molecule has 0 bridgehead atoms. The van der Waals surface area contributed by atoms with Crippen molar-refractivity contribution >= 4 is 17.7 Å². The summed E-state index contributed by atoms with van der Waals surface area (Å²) in [5, 5.41) is 9.83. The van der Waals surface area contributed by atoms with Gasteiger partial charge in [-0.3, -0.25) is 4.79 Å². The van der Waals surface area contributed by atoms with E-state index in [1.165, 1.54) is 11.8 Å². The number of thioether (sulfide) groups is 1. The fourth-order valence-electron chi connectivity index (χ4n) is 1.84. The van der Waals surface area contributed by atoms with E-state index in [1.54, 1.807) is 22.7 Å². The van der Waals surface area contributed by atoms with E-state index in [4.69, 9.17) is 9.52 Å². The lowest BCUT2D eigenvalue weighted by atomic mass is 10.4. The fourth-order valence-corrected chi connectivity index (χ4v) is 2.75. The van der Waals surface area contributed by atoms with Crippen molar-refractivity contribution in [1.82, 2.24) is 14.5 Å². The normalized spacial score (nSPS) is 10.9. The van der Waals surface area contributed by atoms with Crippen LogP contribution in [0.5, 0.6) is 0 Å². The Hall–Kier alpha value is -1.73. The second-order valence-corrected chi connectivity index (χ2v) is 5.74. The first kappa shape index (κ1) is 15.7. The Balaban J connectivity index is 1.87. The Morgan fingerprint density at radius 3 is 2.86 bits per heavy atom. The molecule has 1 amide bonds. The number of nitrogens with zero attached hydrogens (tertiary/aromatic N) is 3. The summed E-state index contributed by atoms with van der Waals surface area (Å²) >= 11 is 1.35. The van der Waals surface area contributed by atoms with Crippen LogP contribution in [0.25, 0.3) is 0 Å². The molecule has 7 heteroatoms. The highest BCUT2D eigenvalue weighted by Gasteiger charge is 2.14. The number of hydrogen-bond acceptors (Lipinski definition) is 5. The van der Waals surface area contributed by atoms with E-state index >= 15 is 0 Å². The molecule has 2 rings (SSSR count). The van der Waals surface area contributed by atoms with E-state index in [2.05, 4.69) is 4.98 Å². The quantitative estimate of drug-likeness (QED) is 0.820. The van der Waals surface area contributed by atoms with Crippen molar-refractivity contribution in [3.63, 3.8) is 0 Å². The topological polar surface area (TPSA) is 71.5 Å². The van der Waals surface area contributed by atoms with Gasteiger partial charge in [-0.25, -0.2) is 4.98 Å². The number of carbonyl (C=O) groups excluding carboxylic acids is 1. The number of rotatable bonds is 6. The number of hydrogen-bond donors (Lipinski definition) is 1. The van der Waals surface area contributed by atoms with Crippen molar-refractivity contribution in [3.05, 3.63) is 35.5 Å². The Morgan fingerprint density at radius 2 is 2.29 bits per heavy atom. The second kappa shape index (κ2) is 6.82. The largest absolute Gasteiger partial charge is 0.464 e. The molecule has 0 aliphatic heterocycles. The minimum atomic E-state index is -0.0598. The third-order valence-corrected chi connectivity index (χ3v) is 4.17. The molecule has 114 valence electrons. The van der Waals surface area contributed by atoms with E-state index < -0.39 is 0 Å². The molecule has 0 radical (unpaired) electrons. The third kappa shape index (κ3) is 3.89. The predicted octanol–water partition coefficient (Wildman–Crippen LogP) is 1.56. The highest BCUT2D eigenvalue weighted by atomic mass is 32.2. The van der Waals surface area contributed by atoms with Crippen LogP contribution in [0.15, 0.2) is 27.9 Å². The Labute approximate surface area is 127 Å². The molecule has 0 aliphatic rings. The summed E-state index contributed by atoms with van der Waals surface area (Å²) in [4.78, 5) is 17.9. The fraction of sp³-hybridized carbons (Fsp3) is 0.429. The van der Waals surface area contributed by atoms with E-state index in [-0.39, 0.29) is 12.5 Å². The Kier molecular flexibility index (Phi) is 5.08. The van der Waals surface area contributed by atoms with Gasteiger partial charge < -0.3 is 19.0 Å². The zero-order valence-corrected chi connectivity index (χ0v) is 13.2. The first-order valence-corrected chi connectivity index (χ1v) is 7.53. The van der Waals surface area contributed by atoms with Crippen molar-refractivity contribution in [2.24, 2.45) is 7.05 Å². The second-order valence-electron chi connectivity index (χ2n) is 4.80. The first-order valence-electron chi connectivity index (χ1n) is 6.54. The van der Waals surface area contributed by atoms with Gasteiger partial charge in [0.25, 0.3) is 0 Å². The minimum absolute atomic E-state index is 0.00241. The van der Waals surface area contributed by atoms with Crippen molar-refractivity contribution < 1.29 is 14.3 Å². The molecule has 0 saturated heterocycles. The van der Waals surface area contributed by atoms with Crippen LogP contribution in [0.2, 0.25) is 0 Å². The van der Waals surface area contributed by atoms with Crippen LogP contribution in [-0.2, 0) is 25.0 Å². The van der Waals surface area contributed by atoms with E-state index in [1.807, 2.05) is 26.1 Å². The zero-order chi connectivity index (χ0) is 15.4. The summed E-state index contributed by atoms with van der Waals surface area (Å²) in [5.74, 6) is 1.91.